The summed E-state index contributed by atoms with van der Waals surface area (Å²) in [4.78, 5) is 25.3. The molecule has 2 fully saturated rings. The van der Waals surface area contributed by atoms with Gasteiger partial charge in [0.1, 0.15) is 0 Å². The van der Waals surface area contributed by atoms with Gasteiger partial charge in [0.25, 0.3) is 0 Å². The first-order valence-electron chi connectivity index (χ1n) is 7.57. The Balaban J connectivity index is 1.89. The fourth-order valence-corrected chi connectivity index (χ4v) is 3.68. The van der Waals surface area contributed by atoms with Gasteiger partial charge in [-0.25, -0.2) is 0 Å². The zero-order valence-electron chi connectivity index (χ0n) is 11.8. The van der Waals surface area contributed by atoms with Crippen molar-refractivity contribution in [3.05, 3.63) is 0 Å². The van der Waals surface area contributed by atoms with Gasteiger partial charge in [-0.15, -0.1) is 0 Å². The van der Waals surface area contributed by atoms with Crippen LogP contribution in [0.25, 0.3) is 0 Å². The Bertz CT molecular complexity index is 336. The number of nitrogens with zero attached hydrogens (tertiary/aromatic N) is 1. The molecule has 19 heavy (non-hydrogen) atoms. The zero-order valence-corrected chi connectivity index (χ0v) is 11.8. The topological polar surface area (TPSA) is 57.6 Å². The highest BCUT2D eigenvalue weighted by Crippen LogP contribution is 2.33. The summed E-state index contributed by atoms with van der Waals surface area (Å²) in [6.45, 7) is 0.807. The lowest BCUT2D eigenvalue weighted by Gasteiger charge is -2.29. The molecule has 1 N–H and O–H groups in total. The van der Waals surface area contributed by atoms with Gasteiger partial charge in [-0.05, 0) is 31.6 Å². The SMILES string of the molecule is CN(CC1CCCCC1)C(=O)[C@@H]1CCC[C@@H]1C(=O)O. The van der Waals surface area contributed by atoms with Crippen LogP contribution >= 0.6 is 0 Å². The summed E-state index contributed by atoms with van der Waals surface area (Å²) in [5.41, 5.74) is 0. The molecule has 0 bridgehead atoms. The van der Waals surface area contributed by atoms with Gasteiger partial charge >= 0.3 is 5.97 Å². The number of carboxylic acids is 1. The van der Waals surface area contributed by atoms with Gasteiger partial charge in [-0.2, -0.15) is 0 Å². The van der Waals surface area contributed by atoms with E-state index in [1.807, 2.05) is 7.05 Å². The molecule has 0 unspecified atom stereocenters. The van der Waals surface area contributed by atoms with E-state index in [1.54, 1.807) is 4.90 Å². The predicted octanol–water partition coefficient (Wildman–Crippen LogP) is 2.53. The molecule has 108 valence electrons. The molecular formula is C15H25NO3. The Morgan fingerprint density at radius 3 is 2.26 bits per heavy atom. The van der Waals surface area contributed by atoms with E-state index < -0.39 is 11.9 Å². The monoisotopic (exact) mass is 267 g/mol. The second-order valence-electron chi connectivity index (χ2n) is 6.20. The Hall–Kier alpha value is -1.06. The molecule has 0 spiro atoms. The van der Waals surface area contributed by atoms with Gasteiger partial charge in [-0.3, -0.25) is 9.59 Å². The molecule has 0 saturated heterocycles. The fourth-order valence-electron chi connectivity index (χ4n) is 3.68. The van der Waals surface area contributed by atoms with Crippen molar-refractivity contribution in [2.45, 2.75) is 51.4 Å². The molecular weight excluding hydrogens is 242 g/mol. The molecule has 2 saturated carbocycles. The van der Waals surface area contributed by atoms with Gasteiger partial charge in [0.15, 0.2) is 0 Å². The lowest BCUT2D eigenvalue weighted by Crippen LogP contribution is -2.39. The van der Waals surface area contributed by atoms with Crippen LogP contribution in [0.15, 0.2) is 0 Å². The van der Waals surface area contributed by atoms with Crippen LogP contribution in [0.1, 0.15) is 51.4 Å². The summed E-state index contributed by atoms with van der Waals surface area (Å²) in [7, 11) is 1.84. The quantitative estimate of drug-likeness (QED) is 0.851. The van der Waals surface area contributed by atoms with E-state index in [0.717, 1.165) is 19.4 Å². The molecule has 0 aromatic carbocycles. The van der Waals surface area contributed by atoms with Crippen molar-refractivity contribution >= 4 is 11.9 Å². The van der Waals surface area contributed by atoms with Crippen molar-refractivity contribution in [3.8, 4) is 0 Å². The lowest BCUT2D eigenvalue weighted by molar-refractivity contribution is -0.148. The maximum absolute atomic E-state index is 12.4. The number of rotatable bonds is 4. The summed E-state index contributed by atoms with van der Waals surface area (Å²) in [6, 6.07) is 0. The van der Waals surface area contributed by atoms with Crippen LogP contribution in [0, 0.1) is 17.8 Å². The molecule has 0 aromatic rings. The second-order valence-corrected chi connectivity index (χ2v) is 6.20. The molecule has 4 nitrogen and oxygen atoms in total. The third kappa shape index (κ3) is 3.48. The van der Waals surface area contributed by atoms with E-state index in [2.05, 4.69) is 0 Å². The fraction of sp³-hybridized carbons (Fsp3) is 0.867. The summed E-state index contributed by atoms with van der Waals surface area (Å²) in [6.07, 6.45) is 8.55. The lowest BCUT2D eigenvalue weighted by atomic mass is 9.88. The first-order valence-corrected chi connectivity index (χ1v) is 7.57. The van der Waals surface area contributed by atoms with Crippen molar-refractivity contribution < 1.29 is 14.7 Å². The van der Waals surface area contributed by atoms with Gasteiger partial charge < -0.3 is 10.0 Å². The zero-order chi connectivity index (χ0) is 13.8. The van der Waals surface area contributed by atoms with E-state index >= 15 is 0 Å². The number of amides is 1. The van der Waals surface area contributed by atoms with Gasteiger partial charge in [0.05, 0.1) is 11.8 Å². The van der Waals surface area contributed by atoms with E-state index in [-0.39, 0.29) is 11.8 Å². The Morgan fingerprint density at radius 1 is 1.00 bits per heavy atom. The molecule has 2 aliphatic rings. The van der Waals surface area contributed by atoms with E-state index in [9.17, 15) is 9.59 Å². The van der Waals surface area contributed by atoms with Gasteiger partial charge in [0, 0.05) is 13.6 Å². The van der Waals surface area contributed by atoms with Crippen LogP contribution < -0.4 is 0 Å². The van der Waals surface area contributed by atoms with Crippen molar-refractivity contribution in [2.24, 2.45) is 17.8 Å². The highest BCUT2D eigenvalue weighted by atomic mass is 16.4. The predicted molar refractivity (Wildman–Crippen MR) is 72.7 cm³/mol. The first kappa shape index (κ1) is 14.4. The summed E-state index contributed by atoms with van der Waals surface area (Å²) in [5, 5.41) is 9.17. The molecule has 0 aromatic heterocycles. The van der Waals surface area contributed by atoms with Crippen molar-refractivity contribution in [1.82, 2.24) is 4.90 Å². The largest absolute Gasteiger partial charge is 0.481 e. The average Bonchev–Trinajstić information content (AvgIpc) is 2.88. The maximum Gasteiger partial charge on any atom is 0.307 e. The summed E-state index contributed by atoms with van der Waals surface area (Å²) in [5.74, 6) is -0.878. The Labute approximate surface area is 115 Å². The number of carbonyl (C=O) groups excluding carboxylic acids is 1. The van der Waals surface area contributed by atoms with Gasteiger partial charge in [0.2, 0.25) is 5.91 Å². The summed E-state index contributed by atoms with van der Waals surface area (Å²) < 4.78 is 0. The third-order valence-corrected chi connectivity index (χ3v) is 4.78. The highest BCUT2D eigenvalue weighted by Gasteiger charge is 2.39. The van der Waals surface area contributed by atoms with E-state index in [1.165, 1.54) is 32.1 Å². The number of hydrogen-bond donors (Lipinski definition) is 1. The first-order chi connectivity index (χ1) is 9.09. The third-order valence-electron chi connectivity index (χ3n) is 4.78. The number of hydrogen-bond acceptors (Lipinski definition) is 2. The number of aliphatic carboxylic acids is 1. The van der Waals surface area contributed by atoms with Crippen LogP contribution in [-0.4, -0.2) is 35.5 Å². The van der Waals surface area contributed by atoms with Crippen LogP contribution in [-0.2, 0) is 9.59 Å². The molecule has 1 amide bonds. The van der Waals surface area contributed by atoms with Crippen LogP contribution in [0.4, 0.5) is 0 Å². The molecule has 0 heterocycles. The molecule has 0 aliphatic heterocycles. The summed E-state index contributed by atoms with van der Waals surface area (Å²) >= 11 is 0. The number of carbonyl (C=O) groups is 2. The average molecular weight is 267 g/mol. The molecule has 0 radical (unpaired) electrons. The minimum atomic E-state index is -0.804. The van der Waals surface area contributed by atoms with Crippen LogP contribution in [0.2, 0.25) is 0 Å². The van der Waals surface area contributed by atoms with Gasteiger partial charge in [-0.1, -0.05) is 25.7 Å². The van der Waals surface area contributed by atoms with E-state index in [4.69, 9.17) is 5.11 Å². The van der Waals surface area contributed by atoms with Crippen molar-refractivity contribution in [1.29, 1.82) is 0 Å². The smallest absolute Gasteiger partial charge is 0.307 e. The maximum atomic E-state index is 12.4. The molecule has 2 aliphatic carbocycles. The second kappa shape index (κ2) is 6.40. The van der Waals surface area contributed by atoms with E-state index in [0.29, 0.717) is 12.3 Å². The van der Waals surface area contributed by atoms with Crippen LogP contribution in [0.5, 0.6) is 0 Å². The van der Waals surface area contributed by atoms with Crippen LogP contribution in [0.3, 0.4) is 0 Å². The molecule has 2 atom stereocenters. The minimum absolute atomic E-state index is 0.0514. The normalized spacial score (nSPS) is 28.3. The number of carboxylic acid groups (broad SMARTS) is 1. The Morgan fingerprint density at radius 2 is 1.63 bits per heavy atom. The highest BCUT2D eigenvalue weighted by molar-refractivity contribution is 5.85. The molecule has 4 heteroatoms. The van der Waals surface area contributed by atoms with Crippen molar-refractivity contribution in [3.63, 3.8) is 0 Å². The molecule has 2 rings (SSSR count). The van der Waals surface area contributed by atoms with Crippen molar-refractivity contribution in [2.75, 3.05) is 13.6 Å². The standard InChI is InChI=1S/C15H25NO3/c1-16(10-11-6-3-2-4-7-11)14(17)12-8-5-9-13(12)15(18)19/h11-13H,2-10H2,1H3,(H,18,19)/t12-,13+/m1/s1. The minimum Gasteiger partial charge on any atom is -0.481 e. The Kier molecular flexibility index (Phi) is 4.83.